The van der Waals surface area contributed by atoms with Gasteiger partial charge in [0.25, 0.3) is 0 Å². The number of hydrogen-bond acceptors (Lipinski definition) is 5. The van der Waals surface area contributed by atoms with E-state index >= 15 is 0 Å². The molecule has 1 atom stereocenters. The van der Waals surface area contributed by atoms with Crippen LogP contribution in [0.1, 0.15) is 36.9 Å². The predicted molar refractivity (Wildman–Crippen MR) is 86.7 cm³/mol. The standard InChI is InChI=1S/C14H22N2O3S2/c1-10(3-4-14(18)19)7-15-13(17)5-6-20-8-12-9-21-11(2)16-12/h9-10H,3-8H2,1-2H3,(H,15,17)(H,18,19). The summed E-state index contributed by atoms with van der Waals surface area (Å²) in [6.45, 7) is 4.47. The lowest BCUT2D eigenvalue weighted by atomic mass is 10.1. The fraction of sp³-hybridized carbons (Fsp3) is 0.643. The van der Waals surface area contributed by atoms with Gasteiger partial charge < -0.3 is 10.4 Å². The van der Waals surface area contributed by atoms with E-state index in [-0.39, 0.29) is 18.2 Å². The van der Waals surface area contributed by atoms with Crippen LogP contribution in [0.25, 0.3) is 0 Å². The van der Waals surface area contributed by atoms with E-state index in [0.717, 1.165) is 22.2 Å². The van der Waals surface area contributed by atoms with E-state index in [1.807, 2.05) is 19.2 Å². The third-order valence-electron chi connectivity index (χ3n) is 2.89. The number of thioether (sulfide) groups is 1. The minimum absolute atomic E-state index is 0.0270. The third kappa shape index (κ3) is 8.72. The molecule has 0 aliphatic carbocycles. The monoisotopic (exact) mass is 330 g/mol. The number of carbonyl (C=O) groups excluding carboxylic acids is 1. The Bertz CT molecular complexity index is 463. The van der Waals surface area contributed by atoms with Crippen LogP contribution >= 0.6 is 23.1 Å². The van der Waals surface area contributed by atoms with E-state index in [0.29, 0.717) is 19.4 Å². The first-order valence-corrected chi connectivity index (χ1v) is 8.98. The molecule has 1 aromatic heterocycles. The van der Waals surface area contributed by atoms with Crippen LogP contribution in [0.3, 0.4) is 0 Å². The topological polar surface area (TPSA) is 79.3 Å². The average molecular weight is 330 g/mol. The Morgan fingerprint density at radius 2 is 2.24 bits per heavy atom. The molecule has 0 saturated heterocycles. The van der Waals surface area contributed by atoms with Gasteiger partial charge in [-0.2, -0.15) is 11.8 Å². The minimum atomic E-state index is -0.790. The molecule has 0 radical (unpaired) electrons. The molecular weight excluding hydrogens is 308 g/mol. The summed E-state index contributed by atoms with van der Waals surface area (Å²) in [5.41, 5.74) is 1.07. The Balaban J connectivity index is 2.04. The maximum Gasteiger partial charge on any atom is 0.303 e. The van der Waals surface area contributed by atoms with Crippen LogP contribution in [0.2, 0.25) is 0 Å². The number of amides is 1. The molecule has 1 aromatic rings. The molecule has 1 amide bonds. The fourth-order valence-electron chi connectivity index (χ4n) is 1.66. The second kappa shape index (κ2) is 9.78. The van der Waals surface area contributed by atoms with Gasteiger partial charge in [0, 0.05) is 36.3 Å². The first-order valence-electron chi connectivity index (χ1n) is 6.94. The van der Waals surface area contributed by atoms with Gasteiger partial charge in [-0.1, -0.05) is 6.92 Å². The van der Waals surface area contributed by atoms with E-state index in [2.05, 4.69) is 10.3 Å². The molecule has 118 valence electrons. The first kappa shape index (κ1) is 18.0. The van der Waals surface area contributed by atoms with Gasteiger partial charge in [-0.05, 0) is 19.3 Å². The molecule has 0 bridgehead atoms. The van der Waals surface area contributed by atoms with Crippen molar-refractivity contribution in [3.8, 4) is 0 Å². The molecule has 0 aromatic carbocycles. The molecule has 7 heteroatoms. The van der Waals surface area contributed by atoms with Gasteiger partial charge in [0.2, 0.25) is 5.91 Å². The van der Waals surface area contributed by atoms with Crippen molar-refractivity contribution in [2.75, 3.05) is 12.3 Å². The zero-order valence-corrected chi connectivity index (χ0v) is 14.1. The maximum atomic E-state index is 11.6. The van der Waals surface area contributed by atoms with Crippen molar-refractivity contribution in [3.63, 3.8) is 0 Å². The summed E-state index contributed by atoms with van der Waals surface area (Å²) in [7, 11) is 0. The molecule has 0 aliphatic rings. The first-order chi connectivity index (χ1) is 9.97. The number of nitrogens with one attached hydrogen (secondary N) is 1. The number of thiazole rings is 1. The molecule has 5 nitrogen and oxygen atoms in total. The molecule has 0 spiro atoms. The summed E-state index contributed by atoms with van der Waals surface area (Å²) < 4.78 is 0. The van der Waals surface area contributed by atoms with Gasteiger partial charge in [-0.3, -0.25) is 9.59 Å². The van der Waals surface area contributed by atoms with Crippen LogP contribution in [0.4, 0.5) is 0 Å². The Labute approximate surface area is 133 Å². The summed E-state index contributed by atoms with van der Waals surface area (Å²) in [6.07, 6.45) is 1.23. The van der Waals surface area contributed by atoms with Gasteiger partial charge in [0.05, 0.1) is 10.7 Å². The molecule has 1 unspecified atom stereocenters. The Kier molecular flexibility index (Phi) is 8.37. The number of aliphatic carboxylic acids is 1. The van der Waals surface area contributed by atoms with Crippen molar-refractivity contribution >= 4 is 35.0 Å². The predicted octanol–water partition coefficient (Wildman–Crippen LogP) is 2.69. The van der Waals surface area contributed by atoms with Crippen LogP contribution < -0.4 is 5.32 Å². The number of aromatic nitrogens is 1. The number of hydrogen-bond donors (Lipinski definition) is 2. The summed E-state index contributed by atoms with van der Waals surface area (Å²) in [6, 6.07) is 0. The normalized spacial score (nSPS) is 12.1. The highest BCUT2D eigenvalue weighted by atomic mass is 32.2. The lowest BCUT2D eigenvalue weighted by Crippen LogP contribution is -2.28. The highest BCUT2D eigenvalue weighted by Crippen LogP contribution is 2.15. The van der Waals surface area contributed by atoms with Crippen molar-refractivity contribution in [2.24, 2.45) is 5.92 Å². The number of nitrogens with zero attached hydrogens (tertiary/aromatic N) is 1. The smallest absolute Gasteiger partial charge is 0.303 e. The highest BCUT2D eigenvalue weighted by Gasteiger charge is 2.08. The quantitative estimate of drug-likeness (QED) is 0.645. The number of carboxylic acid groups (broad SMARTS) is 1. The van der Waals surface area contributed by atoms with Crippen molar-refractivity contribution in [1.82, 2.24) is 10.3 Å². The van der Waals surface area contributed by atoms with Crippen molar-refractivity contribution in [1.29, 1.82) is 0 Å². The Morgan fingerprint density at radius 1 is 1.48 bits per heavy atom. The number of rotatable bonds is 10. The fourth-order valence-corrected chi connectivity index (χ4v) is 3.21. The van der Waals surface area contributed by atoms with Crippen molar-refractivity contribution in [2.45, 2.75) is 38.9 Å². The zero-order chi connectivity index (χ0) is 15.7. The molecule has 2 N–H and O–H groups in total. The minimum Gasteiger partial charge on any atom is -0.481 e. The summed E-state index contributed by atoms with van der Waals surface area (Å²) in [4.78, 5) is 26.5. The van der Waals surface area contributed by atoms with Gasteiger partial charge >= 0.3 is 5.97 Å². The SMILES string of the molecule is Cc1nc(CSCCC(=O)NCC(C)CCC(=O)O)cs1. The summed E-state index contributed by atoms with van der Waals surface area (Å²) in [5.74, 6) is 1.04. The van der Waals surface area contributed by atoms with Gasteiger partial charge in [0.1, 0.15) is 0 Å². The van der Waals surface area contributed by atoms with Gasteiger partial charge in [0.15, 0.2) is 0 Å². The zero-order valence-electron chi connectivity index (χ0n) is 12.4. The second-order valence-electron chi connectivity index (χ2n) is 5.00. The molecule has 0 fully saturated rings. The molecular formula is C14H22N2O3S2. The largest absolute Gasteiger partial charge is 0.481 e. The van der Waals surface area contributed by atoms with Gasteiger partial charge in [-0.15, -0.1) is 11.3 Å². The van der Waals surface area contributed by atoms with Gasteiger partial charge in [-0.25, -0.2) is 4.98 Å². The molecule has 1 heterocycles. The lowest BCUT2D eigenvalue weighted by Gasteiger charge is -2.11. The third-order valence-corrected chi connectivity index (χ3v) is 4.70. The molecule has 0 aliphatic heterocycles. The number of carbonyl (C=O) groups is 2. The number of aryl methyl sites for hydroxylation is 1. The Hall–Kier alpha value is -1.08. The van der Waals surface area contributed by atoms with Crippen LogP contribution in [0, 0.1) is 12.8 Å². The molecule has 21 heavy (non-hydrogen) atoms. The maximum absolute atomic E-state index is 11.6. The van der Waals surface area contributed by atoms with Crippen LogP contribution in [0.15, 0.2) is 5.38 Å². The Morgan fingerprint density at radius 3 is 2.86 bits per heavy atom. The van der Waals surface area contributed by atoms with E-state index in [9.17, 15) is 9.59 Å². The van der Waals surface area contributed by atoms with Crippen LogP contribution in [-0.2, 0) is 15.3 Å². The summed E-state index contributed by atoms with van der Waals surface area (Å²) >= 11 is 3.34. The van der Waals surface area contributed by atoms with E-state index < -0.39 is 5.97 Å². The second-order valence-corrected chi connectivity index (χ2v) is 7.17. The van der Waals surface area contributed by atoms with Crippen LogP contribution in [-0.4, -0.2) is 34.3 Å². The van der Waals surface area contributed by atoms with E-state index in [1.54, 1.807) is 23.1 Å². The lowest BCUT2D eigenvalue weighted by molar-refractivity contribution is -0.137. The number of carboxylic acids is 1. The van der Waals surface area contributed by atoms with E-state index in [4.69, 9.17) is 5.11 Å². The average Bonchev–Trinajstić information content (AvgIpc) is 2.84. The van der Waals surface area contributed by atoms with Crippen molar-refractivity contribution < 1.29 is 14.7 Å². The highest BCUT2D eigenvalue weighted by molar-refractivity contribution is 7.98. The van der Waals surface area contributed by atoms with E-state index in [1.165, 1.54) is 0 Å². The molecule has 0 saturated carbocycles. The molecule has 1 rings (SSSR count). The summed E-state index contributed by atoms with van der Waals surface area (Å²) in [5, 5.41) is 14.6. The van der Waals surface area contributed by atoms with Crippen LogP contribution in [0.5, 0.6) is 0 Å². The van der Waals surface area contributed by atoms with Crippen molar-refractivity contribution in [3.05, 3.63) is 16.1 Å².